The van der Waals surface area contributed by atoms with Gasteiger partial charge >= 0.3 is 12.1 Å². The number of benzene rings is 2. The minimum absolute atomic E-state index is 0.199. The second-order valence-electron chi connectivity index (χ2n) is 4.63. The van der Waals surface area contributed by atoms with E-state index in [0.717, 1.165) is 0 Å². The van der Waals surface area contributed by atoms with Gasteiger partial charge in [-0.2, -0.15) is 18.2 Å². The van der Waals surface area contributed by atoms with Crippen molar-refractivity contribution in [1.82, 2.24) is 10.1 Å². The van der Waals surface area contributed by atoms with Gasteiger partial charge in [0, 0.05) is 10.6 Å². The summed E-state index contributed by atoms with van der Waals surface area (Å²) in [6.07, 6.45) is -4.70. The molecule has 0 amide bonds. The lowest BCUT2D eigenvalue weighted by Gasteiger charge is -2.08. The summed E-state index contributed by atoms with van der Waals surface area (Å²) in [5.74, 6) is -0.920. The average molecular weight is 375 g/mol. The minimum atomic E-state index is -4.70. The predicted molar refractivity (Wildman–Crippen MR) is 81.3 cm³/mol. The molecule has 0 aliphatic heterocycles. The molecular formula is C15H7Cl2F3N2O2. The van der Waals surface area contributed by atoms with Crippen LogP contribution in [0.5, 0.6) is 11.5 Å². The van der Waals surface area contributed by atoms with Crippen LogP contribution in [0.4, 0.5) is 13.2 Å². The Morgan fingerprint density at radius 2 is 1.83 bits per heavy atom. The number of hydrogen-bond acceptors (Lipinski definition) is 4. The lowest BCUT2D eigenvalue weighted by Crippen LogP contribution is -2.04. The van der Waals surface area contributed by atoms with Crippen molar-refractivity contribution in [2.45, 2.75) is 6.18 Å². The van der Waals surface area contributed by atoms with Crippen LogP contribution in [-0.4, -0.2) is 10.1 Å². The van der Waals surface area contributed by atoms with Gasteiger partial charge < -0.3 is 9.26 Å². The zero-order valence-corrected chi connectivity index (χ0v) is 13.2. The van der Waals surface area contributed by atoms with Crippen LogP contribution in [0.2, 0.25) is 10.0 Å². The van der Waals surface area contributed by atoms with Crippen molar-refractivity contribution >= 4 is 23.2 Å². The maximum absolute atomic E-state index is 12.5. The summed E-state index contributed by atoms with van der Waals surface area (Å²) in [7, 11) is 0. The van der Waals surface area contributed by atoms with Gasteiger partial charge in [-0.3, -0.25) is 0 Å². The molecule has 124 valence electrons. The standard InChI is InChI=1S/C15H7Cl2F3N2O2/c16-9-4-5-12(11(17)7-9)23-10-3-1-2-8(6-10)13-21-14(24-22-13)15(18,19)20/h1-7H. The highest BCUT2D eigenvalue weighted by Crippen LogP contribution is 2.34. The topological polar surface area (TPSA) is 48.2 Å². The molecule has 1 aromatic heterocycles. The third-order valence-corrected chi connectivity index (χ3v) is 3.41. The number of aromatic nitrogens is 2. The number of nitrogens with zero attached hydrogens (tertiary/aromatic N) is 2. The van der Waals surface area contributed by atoms with Gasteiger partial charge in [-0.15, -0.1) is 0 Å². The van der Waals surface area contributed by atoms with Crippen LogP contribution < -0.4 is 4.74 Å². The Hall–Kier alpha value is -2.25. The van der Waals surface area contributed by atoms with E-state index in [9.17, 15) is 13.2 Å². The van der Waals surface area contributed by atoms with Crippen LogP contribution in [0, 0.1) is 0 Å². The van der Waals surface area contributed by atoms with Crippen LogP contribution in [0.25, 0.3) is 11.4 Å². The van der Waals surface area contributed by atoms with E-state index in [1.165, 1.54) is 18.2 Å². The van der Waals surface area contributed by atoms with E-state index in [4.69, 9.17) is 27.9 Å². The third kappa shape index (κ3) is 3.63. The summed E-state index contributed by atoms with van der Waals surface area (Å²) in [4.78, 5) is 3.33. The SMILES string of the molecule is FC(F)(F)c1nc(-c2cccc(Oc3ccc(Cl)cc3Cl)c2)no1. The van der Waals surface area contributed by atoms with Crippen LogP contribution >= 0.6 is 23.2 Å². The van der Waals surface area contributed by atoms with E-state index in [0.29, 0.717) is 27.1 Å². The smallest absolute Gasteiger partial charge is 0.456 e. The lowest BCUT2D eigenvalue weighted by atomic mass is 10.2. The molecule has 0 saturated carbocycles. The molecule has 0 aliphatic rings. The van der Waals surface area contributed by atoms with Crippen LogP contribution in [0.15, 0.2) is 47.0 Å². The van der Waals surface area contributed by atoms with E-state index >= 15 is 0 Å². The van der Waals surface area contributed by atoms with Crippen molar-refractivity contribution in [3.8, 4) is 22.9 Å². The highest BCUT2D eigenvalue weighted by Gasteiger charge is 2.38. The Balaban J connectivity index is 1.88. The molecule has 1 heterocycles. The Morgan fingerprint density at radius 1 is 1.04 bits per heavy atom. The summed E-state index contributed by atoms with van der Waals surface area (Å²) in [5.41, 5.74) is 0.303. The van der Waals surface area contributed by atoms with Gasteiger partial charge in [-0.05, 0) is 30.3 Å². The molecule has 0 N–H and O–H groups in total. The van der Waals surface area contributed by atoms with Gasteiger partial charge in [0.15, 0.2) is 0 Å². The van der Waals surface area contributed by atoms with Crippen molar-refractivity contribution in [2.24, 2.45) is 0 Å². The van der Waals surface area contributed by atoms with Crippen LogP contribution in [0.3, 0.4) is 0 Å². The monoisotopic (exact) mass is 374 g/mol. The molecule has 0 bridgehead atoms. The summed E-state index contributed by atoms with van der Waals surface area (Å²) in [6, 6.07) is 10.9. The Bertz CT molecular complexity index is 881. The lowest BCUT2D eigenvalue weighted by molar-refractivity contribution is -0.159. The molecule has 0 atom stereocenters. The zero-order chi connectivity index (χ0) is 17.3. The van der Waals surface area contributed by atoms with Gasteiger partial charge in [0.1, 0.15) is 11.5 Å². The molecule has 2 aromatic carbocycles. The molecule has 0 aliphatic carbocycles. The van der Waals surface area contributed by atoms with Gasteiger partial charge in [0.25, 0.3) is 0 Å². The van der Waals surface area contributed by atoms with E-state index < -0.39 is 12.1 Å². The first-order chi connectivity index (χ1) is 11.3. The Labute approximate surface area is 143 Å². The number of hydrogen-bond donors (Lipinski definition) is 0. The number of alkyl halides is 3. The van der Waals surface area contributed by atoms with E-state index in [2.05, 4.69) is 14.7 Å². The maximum atomic E-state index is 12.5. The van der Waals surface area contributed by atoms with Gasteiger partial charge in [-0.25, -0.2) is 0 Å². The van der Waals surface area contributed by atoms with Gasteiger partial charge in [0.05, 0.1) is 5.02 Å². The third-order valence-electron chi connectivity index (χ3n) is 2.88. The van der Waals surface area contributed by atoms with Crippen LogP contribution in [0.1, 0.15) is 5.89 Å². The summed E-state index contributed by atoms with van der Waals surface area (Å²) >= 11 is 11.8. The Morgan fingerprint density at radius 3 is 2.50 bits per heavy atom. The molecule has 3 rings (SSSR count). The fourth-order valence-corrected chi connectivity index (χ4v) is 2.29. The second kappa shape index (κ2) is 6.33. The van der Waals surface area contributed by atoms with E-state index in [1.54, 1.807) is 24.3 Å². The van der Waals surface area contributed by atoms with Gasteiger partial charge in [-0.1, -0.05) is 40.5 Å². The Kier molecular flexibility index (Phi) is 4.38. The predicted octanol–water partition coefficient (Wildman–Crippen LogP) is 5.85. The van der Waals surface area contributed by atoms with Crippen molar-refractivity contribution in [1.29, 1.82) is 0 Å². The normalized spacial score (nSPS) is 11.5. The first-order valence-corrected chi connectivity index (χ1v) is 7.23. The molecule has 9 heteroatoms. The van der Waals surface area contributed by atoms with Crippen molar-refractivity contribution in [3.05, 3.63) is 58.4 Å². The summed E-state index contributed by atoms with van der Waals surface area (Å²) < 4.78 is 47.4. The molecule has 0 radical (unpaired) electrons. The summed E-state index contributed by atoms with van der Waals surface area (Å²) in [6.45, 7) is 0. The van der Waals surface area contributed by atoms with Crippen molar-refractivity contribution in [3.63, 3.8) is 0 Å². The average Bonchev–Trinajstić information content (AvgIpc) is 3.01. The first kappa shape index (κ1) is 16.6. The molecule has 0 saturated heterocycles. The van der Waals surface area contributed by atoms with Gasteiger partial charge in [0.2, 0.25) is 5.82 Å². The molecule has 0 fully saturated rings. The molecule has 0 unspecified atom stereocenters. The number of ether oxygens (including phenoxy) is 1. The fourth-order valence-electron chi connectivity index (χ4n) is 1.84. The summed E-state index contributed by atoms with van der Waals surface area (Å²) in [5, 5.41) is 4.07. The van der Waals surface area contributed by atoms with E-state index in [-0.39, 0.29) is 5.82 Å². The quantitative estimate of drug-likeness (QED) is 0.576. The first-order valence-electron chi connectivity index (χ1n) is 6.47. The molecule has 0 spiro atoms. The molecular weight excluding hydrogens is 368 g/mol. The highest BCUT2D eigenvalue weighted by molar-refractivity contribution is 6.35. The highest BCUT2D eigenvalue weighted by atomic mass is 35.5. The zero-order valence-electron chi connectivity index (χ0n) is 11.6. The second-order valence-corrected chi connectivity index (χ2v) is 5.47. The molecule has 3 aromatic rings. The molecule has 4 nitrogen and oxygen atoms in total. The maximum Gasteiger partial charge on any atom is 0.471 e. The van der Waals surface area contributed by atoms with E-state index in [1.807, 2.05) is 0 Å². The molecule has 24 heavy (non-hydrogen) atoms. The number of halogens is 5. The van der Waals surface area contributed by atoms with Crippen LogP contribution in [-0.2, 0) is 6.18 Å². The van der Waals surface area contributed by atoms with Crippen molar-refractivity contribution < 1.29 is 22.4 Å². The number of rotatable bonds is 3. The minimum Gasteiger partial charge on any atom is -0.456 e. The largest absolute Gasteiger partial charge is 0.471 e. The fraction of sp³-hybridized carbons (Fsp3) is 0.0667. The van der Waals surface area contributed by atoms with Crippen molar-refractivity contribution in [2.75, 3.05) is 0 Å².